The summed E-state index contributed by atoms with van der Waals surface area (Å²) in [4.78, 5) is 29.4. The Balaban J connectivity index is 1.47. The van der Waals surface area contributed by atoms with Crippen LogP contribution in [-0.4, -0.2) is 40.1 Å². The van der Waals surface area contributed by atoms with Gasteiger partial charge in [-0.1, -0.05) is 35.6 Å². The number of nitrogens with one attached hydrogen (secondary N) is 3. The number of aromatic nitrogens is 3. The van der Waals surface area contributed by atoms with Crippen LogP contribution in [-0.2, 0) is 4.79 Å². The van der Waals surface area contributed by atoms with Crippen LogP contribution in [0, 0.1) is 0 Å². The molecule has 0 aliphatic carbocycles. The number of benzene rings is 2. The SMILES string of the molecule is COc1cccc2nc(NC(=O)C(C)NC(=O)c3n[nH]c4ccccc34)sc12. The van der Waals surface area contributed by atoms with Crippen LogP contribution in [0.15, 0.2) is 42.5 Å². The molecule has 0 saturated carbocycles. The number of rotatable bonds is 5. The lowest BCUT2D eigenvalue weighted by atomic mass is 10.2. The number of methoxy groups -OCH3 is 1. The Morgan fingerprint density at radius 3 is 2.82 bits per heavy atom. The highest BCUT2D eigenvalue weighted by atomic mass is 32.1. The first-order valence-electron chi connectivity index (χ1n) is 8.55. The number of anilines is 1. The van der Waals surface area contributed by atoms with Crippen LogP contribution >= 0.6 is 11.3 Å². The first-order valence-corrected chi connectivity index (χ1v) is 9.37. The second-order valence-corrected chi connectivity index (χ2v) is 7.13. The number of ether oxygens (including phenoxy) is 1. The molecule has 4 aromatic rings. The smallest absolute Gasteiger partial charge is 0.273 e. The molecule has 8 nitrogen and oxygen atoms in total. The first-order chi connectivity index (χ1) is 13.6. The van der Waals surface area contributed by atoms with Crippen LogP contribution in [0.1, 0.15) is 17.4 Å². The van der Waals surface area contributed by atoms with Crippen molar-refractivity contribution in [2.45, 2.75) is 13.0 Å². The van der Waals surface area contributed by atoms with Gasteiger partial charge >= 0.3 is 0 Å². The Hall–Kier alpha value is -3.46. The van der Waals surface area contributed by atoms with E-state index in [1.165, 1.54) is 11.3 Å². The molecule has 2 amide bonds. The molecule has 1 atom stereocenters. The van der Waals surface area contributed by atoms with Gasteiger partial charge in [0.1, 0.15) is 11.8 Å². The van der Waals surface area contributed by atoms with Crippen molar-refractivity contribution < 1.29 is 14.3 Å². The van der Waals surface area contributed by atoms with Crippen molar-refractivity contribution in [3.05, 3.63) is 48.2 Å². The first kappa shape index (κ1) is 17.9. The summed E-state index contributed by atoms with van der Waals surface area (Å²) in [6, 6.07) is 12.1. The van der Waals surface area contributed by atoms with Crippen molar-refractivity contribution in [3.63, 3.8) is 0 Å². The number of para-hydroxylation sites is 1. The molecule has 0 aliphatic rings. The minimum atomic E-state index is -0.767. The van der Waals surface area contributed by atoms with Gasteiger partial charge in [0.15, 0.2) is 10.8 Å². The number of carbonyl (C=O) groups is 2. The van der Waals surface area contributed by atoms with Crippen LogP contribution in [0.3, 0.4) is 0 Å². The molecule has 2 heterocycles. The van der Waals surface area contributed by atoms with Crippen molar-refractivity contribution in [2.24, 2.45) is 0 Å². The normalized spacial score (nSPS) is 12.1. The molecular weight excluding hydrogens is 378 g/mol. The Labute approximate surface area is 163 Å². The average Bonchev–Trinajstić information content (AvgIpc) is 3.31. The highest BCUT2D eigenvalue weighted by Gasteiger charge is 2.21. The van der Waals surface area contributed by atoms with Gasteiger partial charge < -0.3 is 15.4 Å². The van der Waals surface area contributed by atoms with Gasteiger partial charge in [-0.2, -0.15) is 5.10 Å². The molecule has 0 bridgehead atoms. The second-order valence-electron chi connectivity index (χ2n) is 6.13. The van der Waals surface area contributed by atoms with Gasteiger partial charge in [0.05, 0.1) is 22.8 Å². The zero-order chi connectivity index (χ0) is 19.7. The third-order valence-corrected chi connectivity index (χ3v) is 5.26. The van der Waals surface area contributed by atoms with E-state index < -0.39 is 11.9 Å². The zero-order valence-corrected chi connectivity index (χ0v) is 16.0. The third-order valence-electron chi connectivity index (χ3n) is 4.26. The molecule has 1 unspecified atom stereocenters. The van der Waals surface area contributed by atoms with Crippen LogP contribution < -0.4 is 15.4 Å². The quantitative estimate of drug-likeness (QED) is 0.481. The highest BCUT2D eigenvalue weighted by Crippen LogP contribution is 2.33. The summed E-state index contributed by atoms with van der Waals surface area (Å²) < 4.78 is 6.16. The van der Waals surface area contributed by atoms with Gasteiger partial charge in [-0.15, -0.1) is 0 Å². The molecule has 28 heavy (non-hydrogen) atoms. The fraction of sp³-hybridized carbons (Fsp3) is 0.158. The maximum atomic E-state index is 12.5. The molecule has 0 saturated heterocycles. The Bertz CT molecular complexity index is 1180. The van der Waals surface area contributed by atoms with Gasteiger partial charge in [0.2, 0.25) is 5.91 Å². The Morgan fingerprint density at radius 1 is 1.18 bits per heavy atom. The summed E-state index contributed by atoms with van der Waals surface area (Å²) in [5.74, 6) is -0.0976. The maximum absolute atomic E-state index is 12.5. The molecule has 9 heteroatoms. The molecule has 2 aromatic carbocycles. The van der Waals surface area contributed by atoms with Crippen LogP contribution in [0.5, 0.6) is 5.75 Å². The molecule has 2 aromatic heterocycles. The number of aromatic amines is 1. The average molecular weight is 395 g/mol. The van der Waals surface area contributed by atoms with Gasteiger partial charge in [-0.3, -0.25) is 14.7 Å². The Morgan fingerprint density at radius 2 is 2.00 bits per heavy atom. The predicted molar refractivity (Wildman–Crippen MR) is 108 cm³/mol. The van der Waals surface area contributed by atoms with E-state index in [-0.39, 0.29) is 11.6 Å². The zero-order valence-electron chi connectivity index (χ0n) is 15.1. The minimum Gasteiger partial charge on any atom is -0.495 e. The molecule has 0 radical (unpaired) electrons. The highest BCUT2D eigenvalue weighted by molar-refractivity contribution is 7.22. The summed E-state index contributed by atoms with van der Waals surface area (Å²) in [7, 11) is 1.59. The van der Waals surface area contributed by atoms with E-state index >= 15 is 0 Å². The molecule has 4 rings (SSSR count). The van der Waals surface area contributed by atoms with Crippen LogP contribution in [0.2, 0.25) is 0 Å². The molecule has 0 aliphatic heterocycles. The fourth-order valence-electron chi connectivity index (χ4n) is 2.82. The minimum absolute atomic E-state index is 0.250. The summed E-state index contributed by atoms with van der Waals surface area (Å²) in [5, 5.41) is 13.4. The van der Waals surface area contributed by atoms with E-state index in [9.17, 15) is 9.59 Å². The number of amides is 2. The number of hydrogen-bond acceptors (Lipinski definition) is 6. The summed E-state index contributed by atoms with van der Waals surface area (Å²) in [6.45, 7) is 1.61. The van der Waals surface area contributed by atoms with Crippen LogP contribution in [0.25, 0.3) is 21.1 Å². The van der Waals surface area contributed by atoms with Crippen molar-refractivity contribution in [1.29, 1.82) is 0 Å². The van der Waals surface area contributed by atoms with E-state index in [4.69, 9.17) is 4.74 Å². The van der Waals surface area contributed by atoms with Crippen molar-refractivity contribution in [1.82, 2.24) is 20.5 Å². The van der Waals surface area contributed by atoms with Gasteiger partial charge in [-0.25, -0.2) is 4.98 Å². The number of thiazole rings is 1. The fourth-order valence-corrected chi connectivity index (χ4v) is 3.78. The second kappa shape index (κ2) is 7.28. The summed E-state index contributed by atoms with van der Waals surface area (Å²) in [6.07, 6.45) is 0. The number of H-pyrrole nitrogens is 1. The Kier molecular flexibility index (Phi) is 4.66. The van der Waals surface area contributed by atoms with Crippen LogP contribution in [0.4, 0.5) is 5.13 Å². The lowest BCUT2D eigenvalue weighted by molar-refractivity contribution is -0.117. The van der Waals surface area contributed by atoms with E-state index in [2.05, 4.69) is 25.8 Å². The third kappa shape index (κ3) is 3.27. The van der Waals surface area contributed by atoms with Crippen molar-refractivity contribution in [3.8, 4) is 5.75 Å². The largest absolute Gasteiger partial charge is 0.495 e. The van der Waals surface area contributed by atoms with Crippen molar-refractivity contribution in [2.75, 3.05) is 12.4 Å². The molecule has 0 fully saturated rings. The topological polar surface area (TPSA) is 109 Å². The van der Waals surface area contributed by atoms with Gasteiger partial charge in [0, 0.05) is 5.39 Å². The van der Waals surface area contributed by atoms with E-state index in [0.29, 0.717) is 16.3 Å². The summed E-state index contributed by atoms with van der Waals surface area (Å²) in [5.41, 5.74) is 1.74. The van der Waals surface area contributed by atoms with E-state index in [0.717, 1.165) is 15.7 Å². The lowest BCUT2D eigenvalue weighted by Gasteiger charge is -2.12. The monoisotopic (exact) mass is 395 g/mol. The number of nitrogens with zero attached hydrogens (tertiary/aromatic N) is 2. The molecule has 3 N–H and O–H groups in total. The molecule has 0 spiro atoms. The maximum Gasteiger partial charge on any atom is 0.273 e. The standard InChI is InChI=1S/C19H17N5O3S/c1-10(20-18(26)15-11-6-3-4-7-12(11)23-24-15)17(25)22-19-21-13-8-5-9-14(27-2)16(13)28-19/h3-10H,1-2H3,(H,20,26)(H,23,24)(H,21,22,25). The van der Waals surface area contributed by atoms with Gasteiger partial charge in [0.25, 0.3) is 5.91 Å². The van der Waals surface area contributed by atoms with E-state index in [1.807, 2.05) is 36.4 Å². The van der Waals surface area contributed by atoms with Crippen molar-refractivity contribution >= 4 is 49.4 Å². The number of carbonyl (C=O) groups excluding carboxylic acids is 2. The summed E-state index contributed by atoms with van der Waals surface area (Å²) >= 11 is 1.31. The number of fused-ring (bicyclic) bond motifs is 2. The molecular formula is C19H17N5O3S. The van der Waals surface area contributed by atoms with E-state index in [1.54, 1.807) is 20.1 Å². The lowest BCUT2D eigenvalue weighted by Crippen LogP contribution is -2.41. The van der Waals surface area contributed by atoms with Gasteiger partial charge in [-0.05, 0) is 25.1 Å². The predicted octanol–water partition coefficient (Wildman–Crippen LogP) is 2.94. The molecule has 142 valence electrons. The number of hydrogen-bond donors (Lipinski definition) is 3.